The Bertz CT molecular complexity index is 3110. The van der Waals surface area contributed by atoms with E-state index in [9.17, 15) is 0 Å². The molecule has 0 spiro atoms. The number of aromatic amines is 2. The molecule has 8 aromatic heterocycles. The van der Waals surface area contributed by atoms with Crippen molar-refractivity contribution in [3.63, 3.8) is 0 Å². The molecule has 15 nitrogen and oxygen atoms in total. The molecule has 10 rings (SSSR count). The molecule has 8 heterocycles. The summed E-state index contributed by atoms with van der Waals surface area (Å²) in [5, 5.41) is 28.7. The third-order valence-electron chi connectivity index (χ3n) is 9.68. The molecule has 0 saturated heterocycles. The Labute approximate surface area is 337 Å². The molecule has 0 saturated carbocycles. The Morgan fingerprint density at radius 1 is 0.707 bits per heavy atom. The van der Waals surface area contributed by atoms with E-state index in [1.807, 2.05) is 48.7 Å². The van der Waals surface area contributed by atoms with Crippen molar-refractivity contribution in [2.75, 3.05) is 24.9 Å². The molecule has 0 aliphatic carbocycles. The fourth-order valence-corrected chi connectivity index (χ4v) is 8.56. The second-order valence-electron chi connectivity index (χ2n) is 13.1. The van der Waals surface area contributed by atoms with Crippen LogP contribution in [-0.2, 0) is 0 Å². The first-order valence-corrected chi connectivity index (χ1v) is 19.6. The monoisotopic (exact) mass is 805 g/mol. The number of H-pyrrole nitrogens is 2. The van der Waals surface area contributed by atoms with E-state index >= 15 is 0 Å². The summed E-state index contributed by atoms with van der Waals surface area (Å²) in [6.07, 6.45) is 6.19. The summed E-state index contributed by atoms with van der Waals surface area (Å²) in [6, 6.07) is 17.7. The summed E-state index contributed by atoms with van der Waals surface area (Å²) in [5.74, 6) is 3.24. The molecule has 0 bridgehead atoms. The van der Waals surface area contributed by atoms with Gasteiger partial charge in [-0.25, -0.2) is 24.9 Å². The van der Waals surface area contributed by atoms with Gasteiger partial charge in [0.25, 0.3) is 0 Å². The SMILES string of the molecule is COc1ccc(-c2csc(C)n2)cc1Nc1ncnc2[nH]nc(-c3occc3-c3cc(-c4sccc4C)cc(Nc4ncnc5[nH]nc(-c6ccco6)c45)c3OC)c12. The van der Waals surface area contributed by atoms with Gasteiger partial charge in [-0.15, -0.1) is 22.7 Å². The summed E-state index contributed by atoms with van der Waals surface area (Å²) >= 11 is 3.25. The van der Waals surface area contributed by atoms with Crippen LogP contribution in [0.25, 0.3) is 77.8 Å². The van der Waals surface area contributed by atoms with Crippen molar-refractivity contribution in [1.82, 2.24) is 45.3 Å². The third kappa shape index (κ3) is 6.00. The van der Waals surface area contributed by atoms with Gasteiger partial charge >= 0.3 is 0 Å². The number of furan rings is 2. The van der Waals surface area contributed by atoms with Crippen LogP contribution in [0.4, 0.5) is 23.0 Å². The lowest BCUT2D eigenvalue weighted by Gasteiger charge is -2.18. The number of rotatable bonds is 11. The number of fused-ring (bicyclic) bond motifs is 2. The third-order valence-corrected chi connectivity index (χ3v) is 11.5. The normalized spacial score (nSPS) is 11.4. The van der Waals surface area contributed by atoms with E-state index in [4.69, 9.17) is 23.4 Å². The average Bonchev–Trinajstić information content (AvgIpc) is 4.09. The number of thiazole rings is 1. The largest absolute Gasteiger partial charge is 0.495 e. The number of anilines is 4. The molecular formula is C41H31N11O4S2. The second kappa shape index (κ2) is 14.3. The van der Waals surface area contributed by atoms with Gasteiger partial charge in [0.1, 0.15) is 47.2 Å². The van der Waals surface area contributed by atoms with Gasteiger partial charge in [0.05, 0.1) is 59.6 Å². The van der Waals surface area contributed by atoms with E-state index in [0.29, 0.717) is 79.5 Å². The first-order chi connectivity index (χ1) is 28.5. The van der Waals surface area contributed by atoms with Gasteiger partial charge in [-0.2, -0.15) is 10.2 Å². The van der Waals surface area contributed by atoms with E-state index in [0.717, 1.165) is 43.4 Å². The number of aromatic nitrogens is 9. The molecule has 0 amide bonds. The Hall–Kier alpha value is -7.37. The lowest BCUT2D eigenvalue weighted by atomic mass is 9.97. The Kier molecular flexibility index (Phi) is 8.64. The molecule has 58 heavy (non-hydrogen) atoms. The average molecular weight is 806 g/mol. The minimum Gasteiger partial charge on any atom is -0.495 e. The molecule has 0 unspecified atom stereocenters. The van der Waals surface area contributed by atoms with Crippen LogP contribution in [-0.4, -0.2) is 59.5 Å². The predicted molar refractivity (Wildman–Crippen MR) is 224 cm³/mol. The number of benzene rings is 2. The number of hydrogen-bond donors (Lipinski definition) is 4. The Morgan fingerprint density at radius 3 is 2.16 bits per heavy atom. The molecule has 2 aromatic carbocycles. The molecule has 0 aliphatic rings. The Balaban J connectivity index is 1.11. The van der Waals surface area contributed by atoms with Crippen molar-refractivity contribution in [2.24, 2.45) is 0 Å². The fraction of sp³-hybridized carbons (Fsp3) is 0.0976. The number of nitrogens with zero attached hydrogens (tertiary/aromatic N) is 7. The van der Waals surface area contributed by atoms with Crippen LogP contribution in [0.1, 0.15) is 10.6 Å². The quantitative estimate of drug-likeness (QED) is 0.0967. The highest BCUT2D eigenvalue weighted by Gasteiger charge is 2.26. The van der Waals surface area contributed by atoms with E-state index < -0.39 is 0 Å². The van der Waals surface area contributed by atoms with Crippen molar-refractivity contribution in [3.05, 3.63) is 101 Å². The van der Waals surface area contributed by atoms with Gasteiger partial charge < -0.3 is 28.9 Å². The summed E-state index contributed by atoms with van der Waals surface area (Å²) < 4.78 is 24.0. The summed E-state index contributed by atoms with van der Waals surface area (Å²) in [4.78, 5) is 24.0. The Morgan fingerprint density at radius 2 is 1.47 bits per heavy atom. The molecule has 0 radical (unpaired) electrons. The number of thiophene rings is 1. The van der Waals surface area contributed by atoms with E-state index in [2.05, 4.69) is 81.4 Å². The number of nitrogens with one attached hydrogen (secondary N) is 4. The fourth-order valence-electron chi connectivity index (χ4n) is 7.03. The molecule has 10 aromatic rings. The second-order valence-corrected chi connectivity index (χ2v) is 15.1. The van der Waals surface area contributed by atoms with Gasteiger partial charge in [-0.1, -0.05) is 0 Å². The first-order valence-electron chi connectivity index (χ1n) is 17.9. The number of hydrogen-bond acceptors (Lipinski definition) is 15. The predicted octanol–water partition coefficient (Wildman–Crippen LogP) is 10.2. The summed E-state index contributed by atoms with van der Waals surface area (Å²) in [7, 11) is 3.26. The lowest BCUT2D eigenvalue weighted by molar-refractivity contribution is 0.417. The van der Waals surface area contributed by atoms with Crippen molar-refractivity contribution in [2.45, 2.75) is 13.8 Å². The van der Waals surface area contributed by atoms with Crippen LogP contribution in [0, 0.1) is 13.8 Å². The van der Waals surface area contributed by atoms with E-state index in [-0.39, 0.29) is 0 Å². The number of methoxy groups -OCH3 is 2. The van der Waals surface area contributed by atoms with Crippen molar-refractivity contribution in [1.29, 1.82) is 0 Å². The van der Waals surface area contributed by atoms with Crippen molar-refractivity contribution >= 4 is 67.8 Å². The van der Waals surface area contributed by atoms with Crippen LogP contribution < -0.4 is 20.1 Å². The van der Waals surface area contributed by atoms with E-state index in [1.54, 1.807) is 49.4 Å². The zero-order chi connectivity index (χ0) is 39.3. The lowest BCUT2D eigenvalue weighted by Crippen LogP contribution is -2.01. The van der Waals surface area contributed by atoms with Gasteiger partial charge in [0.2, 0.25) is 0 Å². The van der Waals surface area contributed by atoms with Crippen LogP contribution in [0.5, 0.6) is 11.5 Å². The summed E-state index contributed by atoms with van der Waals surface area (Å²) in [5.41, 5.74) is 8.86. The molecular weight excluding hydrogens is 775 g/mol. The number of aryl methyl sites for hydroxylation is 2. The minimum atomic E-state index is 0.478. The van der Waals surface area contributed by atoms with Crippen LogP contribution in [0.3, 0.4) is 0 Å². The maximum atomic E-state index is 6.30. The maximum absolute atomic E-state index is 6.30. The molecule has 0 aliphatic heterocycles. The van der Waals surface area contributed by atoms with Crippen LogP contribution in [0.15, 0.2) is 99.4 Å². The molecule has 0 fully saturated rings. The van der Waals surface area contributed by atoms with Gasteiger partial charge in [-0.05, 0) is 85.0 Å². The minimum absolute atomic E-state index is 0.478. The highest BCUT2D eigenvalue weighted by molar-refractivity contribution is 7.13. The molecule has 17 heteroatoms. The summed E-state index contributed by atoms with van der Waals surface area (Å²) in [6.45, 7) is 4.08. The molecule has 4 N–H and O–H groups in total. The smallest absolute Gasteiger partial charge is 0.162 e. The zero-order valence-electron chi connectivity index (χ0n) is 31.2. The molecule has 0 atom stereocenters. The van der Waals surface area contributed by atoms with Crippen molar-refractivity contribution < 1.29 is 18.3 Å². The standard InChI is InChI=1S/C41H31N11O4S2/c1-20-10-13-57-37(20)23-14-25(35(54-4)27(16-23)48-38-31-33(30-6-5-11-55-30)49-51-40(31)44-18-42-38)24-9-12-56-36(24)34-32-39(43-19-45-41(32)52-50-34)47-26-15-22(7-8-29(26)53-3)28-17-58-21(2)46-28/h5-19H,1-4H3,(H2,42,44,48,49,51)(H2,43,45,47,50,52). The van der Waals surface area contributed by atoms with Crippen molar-refractivity contribution in [3.8, 4) is 67.2 Å². The maximum Gasteiger partial charge on any atom is 0.162 e. The van der Waals surface area contributed by atoms with Crippen LogP contribution in [0.2, 0.25) is 0 Å². The van der Waals surface area contributed by atoms with Gasteiger partial charge in [0.15, 0.2) is 22.8 Å². The molecule has 286 valence electrons. The van der Waals surface area contributed by atoms with Gasteiger partial charge in [0, 0.05) is 26.9 Å². The number of ether oxygens (including phenoxy) is 2. The highest BCUT2D eigenvalue weighted by Crippen LogP contribution is 2.48. The first kappa shape index (κ1) is 35.1. The van der Waals surface area contributed by atoms with Gasteiger partial charge in [-0.3, -0.25) is 10.2 Å². The van der Waals surface area contributed by atoms with E-state index in [1.165, 1.54) is 12.7 Å². The van der Waals surface area contributed by atoms with Crippen LogP contribution >= 0.6 is 22.7 Å². The highest BCUT2D eigenvalue weighted by atomic mass is 32.1. The topological polar surface area (TPSA) is 191 Å². The zero-order valence-corrected chi connectivity index (χ0v) is 32.9.